The minimum absolute atomic E-state index is 0.198. The Bertz CT molecular complexity index is 949. The van der Waals surface area contributed by atoms with Crippen molar-refractivity contribution >= 4 is 16.7 Å². The molecular formula is C25H26O4. The molecule has 150 valence electrons. The molecule has 0 saturated carbocycles. The number of carbonyl (C=O) groups is 1. The van der Waals surface area contributed by atoms with Crippen molar-refractivity contribution in [1.82, 2.24) is 0 Å². The lowest BCUT2D eigenvalue weighted by Crippen LogP contribution is -2.17. The fourth-order valence-electron chi connectivity index (χ4n) is 3.04. The average molecular weight is 390 g/mol. The number of esters is 1. The molecule has 0 spiro atoms. The molecule has 3 rings (SSSR count). The Kier molecular flexibility index (Phi) is 7.28. The molecule has 0 aliphatic heterocycles. The molecule has 4 nitrogen and oxygen atoms in total. The maximum absolute atomic E-state index is 11.8. The number of benzene rings is 3. The quantitative estimate of drug-likeness (QED) is 0.247. The second-order valence-corrected chi connectivity index (χ2v) is 6.66. The zero-order chi connectivity index (χ0) is 20.5. The first-order valence-corrected chi connectivity index (χ1v) is 9.88. The average Bonchev–Trinajstić information content (AvgIpc) is 2.78. The van der Waals surface area contributed by atoms with Gasteiger partial charge in [0.2, 0.25) is 0 Å². The summed E-state index contributed by atoms with van der Waals surface area (Å²) in [6.45, 7) is 6.50. The Morgan fingerprint density at radius 1 is 0.931 bits per heavy atom. The van der Waals surface area contributed by atoms with E-state index >= 15 is 0 Å². The molecule has 0 radical (unpaired) electrons. The lowest BCUT2D eigenvalue weighted by atomic mass is 10.1. The third-order valence-electron chi connectivity index (χ3n) is 4.59. The van der Waals surface area contributed by atoms with Crippen molar-refractivity contribution < 1.29 is 19.0 Å². The van der Waals surface area contributed by atoms with E-state index in [9.17, 15) is 4.79 Å². The first kappa shape index (κ1) is 20.5. The van der Waals surface area contributed by atoms with Crippen LogP contribution in [0.2, 0.25) is 0 Å². The minimum atomic E-state index is -0.527. The molecule has 0 bridgehead atoms. The number of hydrogen-bond donors (Lipinski definition) is 0. The second-order valence-electron chi connectivity index (χ2n) is 6.66. The summed E-state index contributed by atoms with van der Waals surface area (Å²) in [5, 5.41) is 1.96. The van der Waals surface area contributed by atoms with Crippen LogP contribution < -0.4 is 9.47 Å². The predicted molar refractivity (Wildman–Crippen MR) is 115 cm³/mol. The van der Waals surface area contributed by atoms with Gasteiger partial charge in [0.05, 0.1) is 6.61 Å². The van der Waals surface area contributed by atoms with Gasteiger partial charge >= 0.3 is 5.97 Å². The number of ether oxygens (including phenoxy) is 3. The van der Waals surface area contributed by atoms with Crippen molar-refractivity contribution in [1.29, 1.82) is 0 Å². The van der Waals surface area contributed by atoms with Gasteiger partial charge in [0.15, 0.2) is 6.10 Å². The highest BCUT2D eigenvalue weighted by Crippen LogP contribution is 2.34. The van der Waals surface area contributed by atoms with Gasteiger partial charge in [0, 0.05) is 16.8 Å². The summed E-state index contributed by atoms with van der Waals surface area (Å²) in [6, 6.07) is 21.4. The highest BCUT2D eigenvalue weighted by molar-refractivity contribution is 5.93. The van der Waals surface area contributed by atoms with Gasteiger partial charge < -0.3 is 14.2 Å². The molecule has 0 aromatic heterocycles. The Morgan fingerprint density at radius 3 is 2.17 bits per heavy atom. The summed E-state index contributed by atoms with van der Waals surface area (Å²) in [7, 11) is 0. The molecule has 0 fully saturated rings. The summed E-state index contributed by atoms with van der Waals surface area (Å²) in [6.07, 6.45) is 2.73. The van der Waals surface area contributed by atoms with Gasteiger partial charge in [0.25, 0.3) is 0 Å². The Hall–Kier alpha value is -3.27. The van der Waals surface area contributed by atoms with E-state index in [4.69, 9.17) is 14.2 Å². The normalized spacial score (nSPS) is 11.6. The van der Waals surface area contributed by atoms with Gasteiger partial charge in [-0.05, 0) is 24.1 Å². The van der Waals surface area contributed by atoms with Crippen LogP contribution in [0.5, 0.6) is 11.5 Å². The van der Waals surface area contributed by atoms with Crippen molar-refractivity contribution in [2.45, 2.75) is 25.9 Å². The molecule has 1 atom stereocenters. The molecule has 3 aromatic carbocycles. The largest absolute Gasteiger partial charge is 0.493 e. The van der Waals surface area contributed by atoms with Crippen LogP contribution >= 0.6 is 0 Å². The molecule has 29 heavy (non-hydrogen) atoms. The van der Waals surface area contributed by atoms with Gasteiger partial charge in [0.1, 0.15) is 18.1 Å². The summed E-state index contributed by atoms with van der Waals surface area (Å²) >= 11 is 0. The van der Waals surface area contributed by atoms with Crippen molar-refractivity contribution in [2.75, 3.05) is 13.2 Å². The van der Waals surface area contributed by atoms with Crippen LogP contribution in [-0.4, -0.2) is 19.2 Å². The summed E-state index contributed by atoms with van der Waals surface area (Å²) in [5.41, 5.74) is 0.867. The van der Waals surface area contributed by atoms with Gasteiger partial charge in [-0.3, -0.25) is 0 Å². The van der Waals surface area contributed by atoms with Crippen LogP contribution in [0.1, 0.15) is 31.4 Å². The Balaban J connectivity index is 1.82. The van der Waals surface area contributed by atoms with Crippen molar-refractivity contribution in [3.63, 3.8) is 0 Å². The van der Waals surface area contributed by atoms with E-state index in [0.29, 0.717) is 6.61 Å². The number of rotatable bonds is 10. The lowest BCUT2D eigenvalue weighted by molar-refractivity contribution is -0.144. The van der Waals surface area contributed by atoms with E-state index in [1.807, 2.05) is 66.7 Å². The highest BCUT2D eigenvalue weighted by atomic mass is 16.6. The fraction of sp³-hybridized carbons (Fsp3) is 0.240. The molecule has 0 aliphatic carbocycles. The van der Waals surface area contributed by atoms with Crippen molar-refractivity contribution in [3.05, 3.63) is 84.9 Å². The highest BCUT2D eigenvalue weighted by Gasteiger charge is 2.17. The van der Waals surface area contributed by atoms with Crippen LogP contribution in [0.4, 0.5) is 0 Å². The standard InChI is InChI=1S/C25H26O4/c1-3-5-17-27-22-15-16-23(21-14-10-9-13-20(21)22)28-18-24(29-25(26)4-2)19-11-7-6-8-12-19/h4,6-16,24H,2-3,5,17-18H2,1H3. The first-order chi connectivity index (χ1) is 14.2. The smallest absolute Gasteiger partial charge is 0.330 e. The Labute approximate surface area is 171 Å². The summed E-state index contributed by atoms with van der Waals surface area (Å²) in [4.78, 5) is 11.8. The molecular weight excluding hydrogens is 364 g/mol. The van der Waals surface area contributed by atoms with E-state index in [1.165, 1.54) is 0 Å². The van der Waals surface area contributed by atoms with E-state index in [-0.39, 0.29) is 6.61 Å². The molecule has 0 aliphatic rings. The zero-order valence-electron chi connectivity index (χ0n) is 16.7. The number of fused-ring (bicyclic) bond motifs is 1. The van der Waals surface area contributed by atoms with Gasteiger partial charge in [-0.2, -0.15) is 0 Å². The van der Waals surface area contributed by atoms with Crippen LogP contribution in [0, 0.1) is 0 Å². The van der Waals surface area contributed by atoms with Crippen LogP contribution in [0.15, 0.2) is 79.4 Å². The molecule has 0 N–H and O–H groups in total. The molecule has 1 unspecified atom stereocenters. The van der Waals surface area contributed by atoms with Gasteiger partial charge in [-0.1, -0.05) is 74.5 Å². The number of hydrogen-bond acceptors (Lipinski definition) is 4. The number of carbonyl (C=O) groups excluding carboxylic acids is 1. The van der Waals surface area contributed by atoms with E-state index < -0.39 is 12.1 Å². The third-order valence-corrected chi connectivity index (χ3v) is 4.59. The second kappa shape index (κ2) is 10.3. The monoisotopic (exact) mass is 390 g/mol. The maximum atomic E-state index is 11.8. The summed E-state index contributed by atoms with van der Waals surface area (Å²) in [5.74, 6) is 1.09. The van der Waals surface area contributed by atoms with Crippen LogP contribution in [-0.2, 0) is 9.53 Å². The zero-order valence-corrected chi connectivity index (χ0v) is 16.7. The van der Waals surface area contributed by atoms with E-state index in [1.54, 1.807) is 0 Å². The topological polar surface area (TPSA) is 44.8 Å². The predicted octanol–water partition coefficient (Wildman–Crippen LogP) is 5.87. The Morgan fingerprint density at radius 2 is 1.55 bits per heavy atom. The third kappa shape index (κ3) is 5.38. The minimum Gasteiger partial charge on any atom is -0.493 e. The van der Waals surface area contributed by atoms with Crippen LogP contribution in [0.25, 0.3) is 10.8 Å². The first-order valence-electron chi connectivity index (χ1n) is 9.88. The number of unbranched alkanes of at least 4 members (excludes halogenated alkanes) is 1. The van der Waals surface area contributed by atoms with Gasteiger partial charge in [-0.15, -0.1) is 0 Å². The van der Waals surface area contributed by atoms with E-state index in [0.717, 1.165) is 46.8 Å². The SMILES string of the molecule is C=CC(=O)OC(COc1ccc(OCCCC)c2ccccc12)c1ccccc1. The van der Waals surface area contributed by atoms with Gasteiger partial charge in [-0.25, -0.2) is 4.79 Å². The molecule has 0 saturated heterocycles. The van der Waals surface area contributed by atoms with Crippen molar-refractivity contribution in [3.8, 4) is 11.5 Å². The molecule has 0 amide bonds. The van der Waals surface area contributed by atoms with Crippen molar-refractivity contribution in [2.24, 2.45) is 0 Å². The molecule has 4 heteroatoms. The fourth-order valence-corrected chi connectivity index (χ4v) is 3.04. The molecule has 0 heterocycles. The van der Waals surface area contributed by atoms with E-state index in [2.05, 4.69) is 13.5 Å². The van der Waals surface area contributed by atoms with Crippen LogP contribution in [0.3, 0.4) is 0 Å². The lowest BCUT2D eigenvalue weighted by Gasteiger charge is -2.19. The maximum Gasteiger partial charge on any atom is 0.330 e. The summed E-state index contributed by atoms with van der Waals surface area (Å²) < 4.78 is 17.5. The molecule has 3 aromatic rings.